The lowest BCUT2D eigenvalue weighted by Gasteiger charge is -2.32. The summed E-state index contributed by atoms with van der Waals surface area (Å²) in [6.45, 7) is 6.90. The summed E-state index contributed by atoms with van der Waals surface area (Å²) >= 11 is 0. The fraction of sp³-hybridized carbons (Fsp3) is 0.625. The van der Waals surface area contributed by atoms with Gasteiger partial charge in [-0.3, -0.25) is 4.98 Å². The van der Waals surface area contributed by atoms with E-state index in [1.807, 2.05) is 19.2 Å². The van der Waals surface area contributed by atoms with Crippen LogP contribution in [0.2, 0.25) is 0 Å². The molecule has 1 aromatic carbocycles. The Morgan fingerprint density at radius 3 is 2.50 bits per heavy atom. The Bertz CT molecular complexity index is 917. The molecular weight excluding hydrogens is 467 g/mol. The molecule has 32 heavy (non-hydrogen) atoms. The van der Waals surface area contributed by atoms with Gasteiger partial charge in [0, 0.05) is 30.4 Å². The van der Waals surface area contributed by atoms with E-state index in [0.29, 0.717) is 17.9 Å². The van der Waals surface area contributed by atoms with E-state index in [1.54, 1.807) is 0 Å². The lowest BCUT2D eigenvalue weighted by molar-refractivity contribution is 0.102. The van der Waals surface area contributed by atoms with Crippen LogP contribution in [0.25, 0.3) is 10.9 Å². The molecule has 2 aromatic rings. The highest BCUT2D eigenvalue weighted by Crippen LogP contribution is 2.29. The number of sulfone groups is 1. The largest absolute Gasteiger partial charge is 0.488 e. The van der Waals surface area contributed by atoms with Crippen molar-refractivity contribution in [2.45, 2.75) is 64.9 Å². The van der Waals surface area contributed by atoms with E-state index in [1.165, 1.54) is 18.4 Å². The van der Waals surface area contributed by atoms with Crippen LogP contribution < -0.4 is 4.74 Å². The number of unbranched alkanes of at least 4 members (excludes halogenated alkanes) is 1. The lowest BCUT2D eigenvalue weighted by Crippen LogP contribution is -2.39. The Balaban J connectivity index is 0.00000256. The number of nitrogens with zero attached hydrogens (tertiary/aromatic N) is 2. The molecule has 0 radical (unpaired) electrons. The van der Waals surface area contributed by atoms with Gasteiger partial charge in [-0.2, -0.15) is 0 Å². The maximum absolute atomic E-state index is 11.9. The summed E-state index contributed by atoms with van der Waals surface area (Å²) in [5.74, 6) is 1.52. The SMILES string of the molecule is CCCCc1cc(OC2CCN(CCCS(=O)(=O)CCC)CC2)c2ncccc2c1.Cl.Cl. The lowest BCUT2D eigenvalue weighted by atomic mass is 10.0. The molecule has 0 unspecified atom stereocenters. The second-order valence-electron chi connectivity index (χ2n) is 8.44. The number of hydrogen-bond donors (Lipinski definition) is 0. The Morgan fingerprint density at radius 1 is 1.06 bits per heavy atom. The molecule has 5 nitrogen and oxygen atoms in total. The second kappa shape index (κ2) is 14.2. The van der Waals surface area contributed by atoms with E-state index in [2.05, 4.69) is 35.0 Å². The fourth-order valence-electron chi connectivity index (χ4n) is 4.18. The van der Waals surface area contributed by atoms with Gasteiger partial charge in [0.15, 0.2) is 0 Å². The van der Waals surface area contributed by atoms with Crippen molar-refractivity contribution in [3.05, 3.63) is 36.0 Å². The first-order chi connectivity index (χ1) is 14.5. The highest BCUT2D eigenvalue weighted by molar-refractivity contribution is 7.91. The van der Waals surface area contributed by atoms with Crippen molar-refractivity contribution in [2.24, 2.45) is 0 Å². The van der Waals surface area contributed by atoms with Gasteiger partial charge in [0.2, 0.25) is 0 Å². The third-order valence-corrected chi connectivity index (χ3v) is 7.76. The number of halogens is 2. The van der Waals surface area contributed by atoms with Gasteiger partial charge in [-0.05, 0) is 68.8 Å². The van der Waals surface area contributed by atoms with Crippen molar-refractivity contribution in [3.8, 4) is 5.75 Å². The Labute approximate surface area is 206 Å². The monoisotopic (exact) mass is 504 g/mol. The van der Waals surface area contributed by atoms with Crippen LogP contribution in [0, 0.1) is 0 Å². The minimum absolute atomic E-state index is 0. The van der Waals surface area contributed by atoms with E-state index in [4.69, 9.17) is 4.74 Å². The summed E-state index contributed by atoms with van der Waals surface area (Å²) in [6, 6.07) is 8.50. The first-order valence-electron chi connectivity index (χ1n) is 11.5. The van der Waals surface area contributed by atoms with Crippen molar-refractivity contribution in [2.75, 3.05) is 31.1 Å². The van der Waals surface area contributed by atoms with Crippen LogP contribution in [-0.4, -0.2) is 55.5 Å². The van der Waals surface area contributed by atoms with Crippen molar-refractivity contribution in [1.29, 1.82) is 0 Å². The molecule has 0 saturated carbocycles. The van der Waals surface area contributed by atoms with Gasteiger partial charge >= 0.3 is 0 Å². The summed E-state index contributed by atoms with van der Waals surface area (Å²) in [4.78, 5) is 6.94. The Kier molecular flexibility index (Phi) is 12.9. The van der Waals surface area contributed by atoms with Gasteiger partial charge in [0.1, 0.15) is 27.2 Å². The van der Waals surface area contributed by atoms with Gasteiger partial charge in [-0.25, -0.2) is 8.42 Å². The third kappa shape index (κ3) is 8.69. The molecule has 8 heteroatoms. The molecule has 1 aliphatic heterocycles. The maximum Gasteiger partial charge on any atom is 0.150 e. The third-order valence-electron chi connectivity index (χ3n) is 5.82. The quantitative estimate of drug-likeness (QED) is 0.405. The first kappa shape index (κ1) is 29.0. The van der Waals surface area contributed by atoms with Gasteiger partial charge in [0.25, 0.3) is 0 Å². The van der Waals surface area contributed by atoms with Gasteiger partial charge in [-0.1, -0.05) is 26.3 Å². The van der Waals surface area contributed by atoms with E-state index in [9.17, 15) is 8.42 Å². The molecule has 0 N–H and O–H groups in total. The van der Waals surface area contributed by atoms with Gasteiger partial charge < -0.3 is 9.64 Å². The molecule has 182 valence electrons. The van der Waals surface area contributed by atoms with Crippen LogP contribution in [0.4, 0.5) is 0 Å². The summed E-state index contributed by atoms with van der Waals surface area (Å²) in [5, 5.41) is 1.15. The zero-order valence-corrected chi connectivity index (χ0v) is 21.7. The number of rotatable bonds is 11. The Morgan fingerprint density at radius 2 is 1.81 bits per heavy atom. The molecule has 0 spiro atoms. The predicted molar refractivity (Wildman–Crippen MR) is 139 cm³/mol. The Hall–Kier alpha value is -1.08. The van der Waals surface area contributed by atoms with Crippen LogP contribution in [0.15, 0.2) is 30.5 Å². The number of benzene rings is 1. The fourth-order valence-corrected chi connectivity index (χ4v) is 5.58. The zero-order chi connectivity index (χ0) is 21.4. The number of fused-ring (bicyclic) bond motifs is 1. The zero-order valence-electron chi connectivity index (χ0n) is 19.3. The number of aromatic nitrogens is 1. The highest BCUT2D eigenvalue weighted by atomic mass is 35.5. The molecule has 2 heterocycles. The summed E-state index contributed by atoms with van der Waals surface area (Å²) in [6.07, 6.45) is 8.81. The number of pyridine rings is 1. The minimum Gasteiger partial charge on any atom is -0.488 e. The van der Waals surface area contributed by atoms with Crippen molar-refractivity contribution < 1.29 is 13.2 Å². The van der Waals surface area contributed by atoms with Gasteiger partial charge in [-0.15, -0.1) is 24.8 Å². The molecule has 1 aliphatic rings. The van der Waals surface area contributed by atoms with Crippen LogP contribution in [0.3, 0.4) is 0 Å². The van der Waals surface area contributed by atoms with E-state index < -0.39 is 9.84 Å². The molecule has 0 bridgehead atoms. The molecule has 3 rings (SSSR count). The van der Waals surface area contributed by atoms with Crippen LogP contribution >= 0.6 is 24.8 Å². The van der Waals surface area contributed by atoms with E-state index in [-0.39, 0.29) is 30.9 Å². The van der Waals surface area contributed by atoms with Crippen molar-refractivity contribution in [3.63, 3.8) is 0 Å². The van der Waals surface area contributed by atoms with Crippen LogP contribution in [0.1, 0.15) is 57.9 Å². The minimum atomic E-state index is -2.87. The molecule has 1 fully saturated rings. The number of aryl methyl sites for hydroxylation is 1. The molecule has 0 atom stereocenters. The average molecular weight is 506 g/mol. The number of likely N-dealkylation sites (tertiary alicyclic amines) is 1. The van der Waals surface area contributed by atoms with Crippen molar-refractivity contribution >= 4 is 45.6 Å². The molecule has 1 aromatic heterocycles. The molecular formula is C24H38Cl2N2O3S. The summed E-state index contributed by atoms with van der Waals surface area (Å²) in [5.41, 5.74) is 2.26. The standard InChI is InChI=1S/C24H36N2O3S.2ClH/c1-3-5-8-20-18-21-9-6-12-25-24(21)23(19-20)29-22-10-14-26(15-11-22)13-7-17-30(27,28)16-4-2;;/h6,9,12,18-19,22H,3-5,7-8,10-11,13-17H2,1-2H3;2*1H. The second-order valence-corrected chi connectivity index (χ2v) is 10.7. The highest BCUT2D eigenvalue weighted by Gasteiger charge is 2.22. The maximum atomic E-state index is 11.9. The smallest absolute Gasteiger partial charge is 0.150 e. The first-order valence-corrected chi connectivity index (χ1v) is 13.3. The van der Waals surface area contributed by atoms with Gasteiger partial charge in [0.05, 0.1) is 5.75 Å². The molecule has 0 aliphatic carbocycles. The average Bonchev–Trinajstić information content (AvgIpc) is 2.73. The number of ether oxygens (including phenoxy) is 1. The molecule has 0 amide bonds. The predicted octanol–water partition coefficient (Wildman–Crippen LogP) is 5.48. The topological polar surface area (TPSA) is 59.5 Å². The number of hydrogen-bond acceptors (Lipinski definition) is 5. The summed E-state index contributed by atoms with van der Waals surface area (Å²) < 4.78 is 30.2. The van der Waals surface area contributed by atoms with E-state index >= 15 is 0 Å². The normalized spacial score (nSPS) is 15.2. The number of piperidine rings is 1. The van der Waals surface area contributed by atoms with Crippen LogP contribution in [-0.2, 0) is 16.3 Å². The van der Waals surface area contributed by atoms with Crippen molar-refractivity contribution in [1.82, 2.24) is 9.88 Å². The summed E-state index contributed by atoms with van der Waals surface area (Å²) in [7, 11) is -2.87. The molecule has 1 saturated heterocycles. The van der Waals surface area contributed by atoms with E-state index in [0.717, 1.165) is 62.0 Å². The van der Waals surface area contributed by atoms with Crippen LogP contribution in [0.5, 0.6) is 5.75 Å².